The van der Waals surface area contributed by atoms with Crippen LogP contribution < -0.4 is 14.2 Å². The molecule has 0 heterocycles. The van der Waals surface area contributed by atoms with Crippen molar-refractivity contribution in [2.45, 2.75) is 57.5 Å². The highest BCUT2D eigenvalue weighted by Gasteiger charge is 2.30. The Morgan fingerprint density at radius 2 is 1.28 bits per heavy atom. The maximum atomic E-state index is 12.7. The van der Waals surface area contributed by atoms with Crippen molar-refractivity contribution in [3.63, 3.8) is 0 Å². The standard InChI is InChI=1S/C24H27F3O4S.C11H14O3S/c1-5-29-23(28)14-31-22-11-10-21(12-17(22)4)32-15-18(16(2)3)13-30-20-8-6-19(7-9-20)24(25,26)27;1-3-13-11(12)7-14-10-5-4-9(15)6-8(10)2/h6-12H,5,13-15H2,1-4H3;4-6,15H,3,7H2,1-2H3. The number of rotatable bonds is 14. The number of allylic oxidation sites excluding steroid dienone is 1. The fraction of sp³-hybridized carbons (Fsp3) is 0.371. The van der Waals surface area contributed by atoms with E-state index < -0.39 is 17.7 Å². The smallest absolute Gasteiger partial charge is 0.416 e. The molecule has 0 radical (unpaired) electrons. The normalized spacial score (nSPS) is 10.7. The lowest BCUT2D eigenvalue weighted by Gasteiger charge is -2.14. The van der Waals surface area contributed by atoms with Crippen molar-refractivity contribution < 1.29 is 46.4 Å². The monoisotopic (exact) mass is 694 g/mol. The zero-order valence-corrected chi connectivity index (χ0v) is 29.1. The van der Waals surface area contributed by atoms with Gasteiger partial charge in [0, 0.05) is 15.5 Å². The predicted octanol–water partition coefficient (Wildman–Crippen LogP) is 8.69. The Bertz CT molecular complexity index is 1490. The first-order valence-electron chi connectivity index (χ1n) is 14.8. The molecule has 0 atom stereocenters. The Balaban J connectivity index is 0.000000427. The summed E-state index contributed by atoms with van der Waals surface area (Å²) >= 11 is 5.82. The number of thiol groups is 1. The second-order valence-electron chi connectivity index (χ2n) is 10.3. The molecule has 0 amide bonds. The number of benzene rings is 3. The van der Waals surface area contributed by atoms with Crippen LogP contribution in [-0.2, 0) is 25.2 Å². The first kappa shape index (κ1) is 39.4. The summed E-state index contributed by atoms with van der Waals surface area (Å²) in [5, 5.41) is 0. The number of alkyl halides is 3. The van der Waals surface area contributed by atoms with Crippen LogP contribution in [0, 0.1) is 13.8 Å². The SMILES string of the molecule is CCOC(=O)COc1ccc(S)cc1C.CCOC(=O)COc1ccc(SCC(COc2ccc(C(F)(F)F)cc2)=C(C)C)cc1C. The van der Waals surface area contributed by atoms with Gasteiger partial charge < -0.3 is 23.7 Å². The molecule has 0 fully saturated rings. The second-order valence-corrected chi connectivity index (χ2v) is 11.8. The van der Waals surface area contributed by atoms with Gasteiger partial charge in [0.05, 0.1) is 18.8 Å². The molecule has 0 aromatic heterocycles. The molecule has 12 heteroatoms. The van der Waals surface area contributed by atoms with Gasteiger partial charge in [-0.3, -0.25) is 0 Å². The number of halogens is 3. The van der Waals surface area contributed by atoms with Gasteiger partial charge in [0.25, 0.3) is 0 Å². The topological polar surface area (TPSA) is 80.3 Å². The van der Waals surface area contributed by atoms with Gasteiger partial charge in [-0.2, -0.15) is 13.2 Å². The summed E-state index contributed by atoms with van der Waals surface area (Å²) in [5.74, 6) is 1.60. The lowest BCUT2D eigenvalue weighted by molar-refractivity contribution is -0.146. The van der Waals surface area contributed by atoms with Gasteiger partial charge in [0.15, 0.2) is 13.2 Å². The zero-order valence-electron chi connectivity index (χ0n) is 27.4. The van der Waals surface area contributed by atoms with Crippen LogP contribution in [0.1, 0.15) is 44.4 Å². The third-order valence-electron chi connectivity index (χ3n) is 6.32. The van der Waals surface area contributed by atoms with E-state index in [1.165, 1.54) is 12.1 Å². The number of carbonyl (C=O) groups is 2. The average molecular weight is 695 g/mol. The van der Waals surface area contributed by atoms with Gasteiger partial charge in [-0.1, -0.05) is 5.57 Å². The van der Waals surface area contributed by atoms with Crippen molar-refractivity contribution in [3.05, 3.63) is 88.5 Å². The summed E-state index contributed by atoms with van der Waals surface area (Å²) in [6, 6.07) is 15.9. The first-order chi connectivity index (χ1) is 22.2. The highest BCUT2D eigenvalue weighted by Crippen LogP contribution is 2.31. The summed E-state index contributed by atoms with van der Waals surface area (Å²) in [4.78, 5) is 24.4. The summed E-state index contributed by atoms with van der Waals surface area (Å²) in [6.07, 6.45) is -4.36. The molecule has 0 bridgehead atoms. The van der Waals surface area contributed by atoms with Crippen molar-refractivity contribution >= 4 is 36.3 Å². The minimum atomic E-state index is -4.36. The van der Waals surface area contributed by atoms with E-state index in [1.54, 1.807) is 31.7 Å². The fourth-order valence-electron chi connectivity index (χ4n) is 3.76. The molecule has 7 nitrogen and oxygen atoms in total. The molecule has 0 unspecified atom stereocenters. The van der Waals surface area contributed by atoms with Crippen molar-refractivity contribution in [1.29, 1.82) is 0 Å². The number of aryl methyl sites for hydroxylation is 2. The molecule has 47 heavy (non-hydrogen) atoms. The van der Waals surface area contributed by atoms with E-state index in [1.807, 2.05) is 58.0 Å². The Morgan fingerprint density at radius 3 is 1.74 bits per heavy atom. The first-order valence-corrected chi connectivity index (χ1v) is 16.2. The van der Waals surface area contributed by atoms with Gasteiger partial charge in [-0.05, 0) is 119 Å². The van der Waals surface area contributed by atoms with Gasteiger partial charge in [-0.25, -0.2) is 9.59 Å². The van der Waals surface area contributed by atoms with Crippen LogP contribution in [0.2, 0.25) is 0 Å². The van der Waals surface area contributed by atoms with Gasteiger partial charge >= 0.3 is 18.1 Å². The lowest BCUT2D eigenvalue weighted by Crippen LogP contribution is -2.14. The number of esters is 2. The fourth-order valence-corrected chi connectivity index (χ4v) is 5.16. The minimum Gasteiger partial charge on any atom is -0.489 e. The number of ether oxygens (including phenoxy) is 5. The van der Waals surface area contributed by atoms with Gasteiger partial charge in [0.1, 0.15) is 23.9 Å². The molecular formula is C35H41F3O7S2. The number of carbonyl (C=O) groups excluding carboxylic acids is 2. The number of thioether (sulfide) groups is 1. The summed E-state index contributed by atoms with van der Waals surface area (Å²) < 4.78 is 64.2. The van der Waals surface area contributed by atoms with E-state index in [-0.39, 0.29) is 19.2 Å². The van der Waals surface area contributed by atoms with E-state index in [9.17, 15) is 22.8 Å². The molecule has 0 saturated carbocycles. The van der Waals surface area contributed by atoms with Crippen molar-refractivity contribution in [3.8, 4) is 17.2 Å². The van der Waals surface area contributed by atoms with E-state index >= 15 is 0 Å². The highest BCUT2D eigenvalue weighted by molar-refractivity contribution is 7.99. The summed E-state index contributed by atoms with van der Waals surface area (Å²) in [5.41, 5.74) is 3.30. The Morgan fingerprint density at radius 1 is 0.745 bits per heavy atom. The summed E-state index contributed by atoms with van der Waals surface area (Å²) in [7, 11) is 0. The van der Waals surface area contributed by atoms with Crippen LogP contribution >= 0.6 is 24.4 Å². The number of hydrogen-bond donors (Lipinski definition) is 1. The molecule has 0 aliphatic heterocycles. The zero-order chi connectivity index (χ0) is 35.0. The third-order valence-corrected chi connectivity index (χ3v) is 7.68. The van der Waals surface area contributed by atoms with Crippen LogP contribution in [0.3, 0.4) is 0 Å². The summed E-state index contributed by atoms with van der Waals surface area (Å²) in [6.45, 7) is 12.0. The van der Waals surface area contributed by atoms with Crippen LogP contribution in [0.4, 0.5) is 13.2 Å². The van der Waals surface area contributed by atoms with Gasteiger partial charge in [-0.15, -0.1) is 24.4 Å². The van der Waals surface area contributed by atoms with E-state index in [2.05, 4.69) is 12.6 Å². The van der Waals surface area contributed by atoms with Crippen LogP contribution in [0.5, 0.6) is 17.2 Å². The van der Waals surface area contributed by atoms with Crippen molar-refractivity contribution in [2.24, 2.45) is 0 Å². The average Bonchev–Trinajstić information content (AvgIpc) is 3.00. The molecule has 0 N–H and O–H groups in total. The van der Waals surface area contributed by atoms with E-state index in [0.717, 1.165) is 44.2 Å². The molecule has 3 aromatic carbocycles. The van der Waals surface area contributed by atoms with Gasteiger partial charge in [0.2, 0.25) is 0 Å². The quantitative estimate of drug-likeness (QED) is 0.0778. The molecule has 0 aliphatic carbocycles. The molecule has 3 aromatic rings. The number of hydrogen-bond acceptors (Lipinski definition) is 9. The van der Waals surface area contributed by atoms with Crippen molar-refractivity contribution in [1.82, 2.24) is 0 Å². The Kier molecular flexibility index (Phi) is 16.6. The maximum absolute atomic E-state index is 12.7. The molecule has 0 spiro atoms. The Hall–Kier alpha value is -3.77. The molecule has 0 saturated heterocycles. The third kappa shape index (κ3) is 14.7. The van der Waals surface area contributed by atoms with E-state index in [0.29, 0.717) is 42.8 Å². The predicted molar refractivity (Wildman–Crippen MR) is 180 cm³/mol. The largest absolute Gasteiger partial charge is 0.489 e. The van der Waals surface area contributed by atoms with E-state index in [4.69, 9.17) is 23.7 Å². The molecular weight excluding hydrogens is 654 g/mol. The Labute approximate surface area is 284 Å². The molecule has 3 rings (SSSR count). The molecule has 0 aliphatic rings. The van der Waals surface area contributed by atoms with Crippen LogP contribution in [0.15, 0.2) is 81.6 Å². The van der Waals surface area contributed by atoms with Crippen molar-refractivity contribution in [2.75, 3.05) is 38.8 Å². The highest BCUT2D eigenvalue weighted by atomic mass is 32.2. The minimum absolute atomic E-state index is 0.0550. The lowest BCUT2D eigenvalue weighted by atomic mass is 10.2. The molecule has 256 valence electrons. The second kappa shape index (κ2) is 19.8. The van der Waals surface area contributed by atoms with Crippen LogP contribution in [-0.4, -0.2) is 50.7 Å². The maximum Gasteiger partial charge on any atom is 0.416 e. The van der Waals surface area contributed by atoms with Crippen LogP contribution in [0.25, 0.3) is 0 Å².